The predicted octanol–water partition coefficient (Wildman–Crippen LogP) is 1.39. The molecule has 110 valence electrons. The molecule has 6 heteroatoms. The number of amides is 1. The van der Waals surface area contributed by atoms with Gasteiger partial charge in [0.2, 0.25) is 0 Å². The lowest BCUT2D eigenvalue weighted by atomic mass is 10.1. The largest absolute Gasteiger partial charge is 0.380 e. The zero-order chi connectivity index (χ0) is 14.8. The molecular formula is C15H18N4O2. The van der Waals surface area contributed by atoms with Crippen LogP contribution in [0.15, 0.2) is 24.3 Å². The van der Waals surface area contributed by atoms with E-state index in [-0.39, 0.29) is 5.91 Å². The summed E-state index contributed by atoms with van der Waals surface area (Å²) < 4.78 is 7.23. The van der Waals surface area contributed by atoms with Crippen molar-refractivity contribution < 1.29 is 9.53 Å². The Morgan fingerprint density at radius 1 is 1.29 bits per heavy atom. The van der Waals surface area contributed by atoms with Crippen molar-refractivity contribution in [3.63, 3.8) is 0 Å². The number of rotatable bonds is 3. The number of benzene rings is 1. The van der Waals surface area contributed by atoms with E-state index in [1.54, 1.807) is 7.11 Å². The number of aromatic nitrogens is 3. The van der Waals surface area contributed by atoms with Gasteiger partial charge < -0.3 is 14.2 Å². The summed E-state index contributed by atoms with van der Waals surface area (Å²) >= 11 is 0. The lowest BCUT2D eigenvalue weighted by Gasteiger charge is -2.28. The molecule has 0 atom stereocenters. The number of ether oxygens (including phenoxy) is 1. The summed E-state index contributed by atoms with van der Waals surface area (Å²) in [5, 5.41) is 8.20. The number of hydrogen-bond donors (Lipinski definition) is 0. The van der Waals surface area contributed by atoms with Crippen LogP contribution in [-0.4, -0.2) is 39.2 Å². The number of fused-ring (bicyclic) bond motifs is 1. The molecule has 0 unspecified atom stereocenters. The van der Waals surface area contributed by atoms with Crippen LogP contribution in [-0.2, 0) is 24.4 Å². The van der Waals surface area contributed by atoms with Crippen molar-refractivity contribution in [3.05, 3.63) is 47.0 Å². The van der Waals surface area contributed by atoms with E-state index in [1.165, 1.54) is 0 Å². The standard InChI is InChI=1S/C15H18N4O2/c1-11-16-17-14-9-18(7-8-19(11)14)15(20)13-6-4-3-5-12(13)10-21-2/h3-6H,7-10H2,1-2H3. The first-order valence-electron chi connectivity index (χ1n) is 6.95. The second kappa shape index (κ2) is 5.65. The third-order valence-electron chi connectivity index (χ3n) is 3.77. The third kappa shape index (κ3) is 2.54. The fourth-order valence-corrected chi connectivity index (χ4v) is 2.66. The Morgan fingerprint density at radius 2 is 2.10 bits per heavy atom. The van der Waals surface area contributed by atoms with Crippen LogP contribution in [0.5, 0.6) is 0 Å². The molecule has 1 amide bonds. The lowest BCUT2D eigenvalue weighted by Crippen LogP contribution is -2.39. The zero-order valence-corrected chi connectivity index (χ0v) is 12.2. The highest BCUT2D eigenvalue weighted by Gasteiger charge is 2.25. The van der Waals surface area contributed by atoms with Gasteiger partial charge in [-0.25, -0.2) is 0 Å². The maximum absolute atomic E-state index is 12.7. The van der Waals surface area contributed by atoms with Gasteiger partial charge >= 0.3 is 0 Å². The van der Waals surface area contributed by atoms with Crippen molar-refractivity contribution in [2.24, 2.45) is 0 Å². The molecule has 1 aliphatic heterocycles. The molecule has 0 fully saturated rings. The smallest absolute Gasteiger partial charge is 0.254 e. The molecule has 2 heterocycles. The molecule has 3 rings (SSSR count). The first kappa shape index (κ1) is 13.8. The summed E-state index contributed by atoms with van der Waals surface area (Å²) in [6.07, 6.45) is 0. The second-order valence-corrected chi connectivity index (χ2v) is 5.13. The Kier molecular flexibility index (Phi) is 3.70. The number of carbonyl (C=O) groups excluding carboxylic acids is 1. The molecule has 21 heavy (non-hydrogen) atoms. The molecule has 0 saturated carbocycles. The number of methoxy groups -OCH3 is 1. The lowest BCUT2D eigenvalue weighted by molar-refractivity contribution is 0.0702. The average molecular weight is 286 g/mol. The van der Waals surface area contributed by atoms with E-state index < -0.39 is 0 Å². The van der Waals surface area contributed by atoms with Crippen molar-refractivity contribution in [1.29, 1.82) is 0 Å². The van der Waals surface area contributed by atoms with Gasteiger partial charge in [0.05, 0.1) is 13.2 Å². The highest BCUT2D eigenvalue weighted by Crippen LogP contribution is 2.18. The first-order chi connectivity index (χ1) is 10.2. The maximum atomic E-state index is 12.7. The van der Waals surface area contributed by atoms with E-state index in [4.69, 9.17) is 4.74 Å². The number of nitrogens with zero attached hydrogens (tertiary/aromatic N) is 4. The van der Waals surface area contributed by atoms with Gasteiger partial charge in [0.15, 0.2) is 5.82 Å². The van der Waals surface area contributed by atoms with E-state index in [0.29, 0.717) is 25.3 Å². The van der Waals surface area contributed by atoms with Crippen LogP contribution in [0.1, 0.15) is 27.6 Å². The van der Waals surface area contributed by atoms with Gasteiger partial charge in [-0.05, 0) is 18.6 Å². The van der Waals surface area contributed by atoms with Gasteiger partial charge in [-0.15, -0.1) is 10.2 Å². The fourth-order valence-electron chi connectivity index (χ4n) is 2.66. The number of hydrogen-bond acceptors (Lipinski definition) is 4. The Balaban J connectivity index is 1.84. The van der Waals surface area contributed by atoms with Crippen LogP contribution in [0, 0.1) is 6.92 Å². The van der Waals surface area contributed by atoms with Crippen LogP contribution >= 0.6 is 0 Å². The van der Waals surface area contributed by atoms with Gasteiger partial charge in [-0.3, -0.25) is 4.79 Å². The van der Waals surface area contributed by atoms with Crippen LogP contribution in [0.3, 0.4) is 0 Å². The quantitative estimate of drug-likeness (QED) is 0.855. The fraction of sp³-hybridized carbons (Fsp3) is 0.400. The van der Waals surface area contributed by atoms with Gasteiger partial charge in [-0.1, -0.05) is 18.2 Å². The van der Waals surface area contributed by atoms with Gasteiger partial charge in [0.25, 0.3) is 5.91 Å². The summed E-state index contributed by atoms with van der Waals surface area (Å²) in [5.74, 6) is 1.77. The van der Waals surface area contributed by atoms with Crippen molar-refractivity contribution in [2.75, 3.05) is 13.7 Å². The van der Waals surface area contributed by atoms with E-state index in [0.717, 1.165) is 23.8 Å². The van der Waals surface area contributed by atoms with Crippen LogP contribution < -0.4 is 0 Å². The van der Waals surface area contributed by atoms with Gasteiger partial charge in [0.1, 0.15) is 5.82 Å². The Bertz CT molecular complexity index is 665. The molecule has 0 saturated heterocycles. The van der Waals surface area contributed by atoms with E-state index >= 15 is 0 Å². The van der Waals surface area contributed by atoms with Crippen molar-refractivity contribution >= 4 is 5.91 Å². The molecule has 6 nitrogen and oxygen atoms in total. The number of aryl methyl sites for hydroxylation is 1. The minimum absolute atomic E-state index is 0.0227. The molecule has 1 aromatic carbocycles. The molecule has 0 spiro atoms. The topological polar surface area (TPSA) is 60.2 Å². The minimum Gasteiger partial charge on any atom is -0.380 e. The third-order valence-corrected chi connectivity index (χ3v) is 3.77. The molecule has 0 N–H and O–H groups in total. The van der Waals surface area contributed by atoms with Crippen LogP contribution in [0.2, 0.25) is 0 Å². The number of carbonyl (C=O) groups is 1. The highest BCUT2D eigenvalue weighted by atomic mass is 16.5. The van der Waals surface area contributed by atoms with Crippen molar-refractivity contribution in [3.8, 4) is 0 Å². The molecule has 2 aromatic rings. The monoisotopic (exact) mass is 286 g/mol. The van der Waals surface area contributed by atoms with E-state index in [1.807, 2.05) is 36.1 Å². The van der Waals surface area contributed by atoms with Crippen molar-refractivity contribution in [1.82, 2.24) is 19.7 Å². The predicted molar refractivity (Wildman–Crippen MR) is 76.7 cm³/mol. The van der Waals surface area contributed by atoms with Crippen LogP contribution in [0.25, 0.3) is 0 Å². The molecule has 1 aliphatic rings. The van der Waals surface area contributed by atoms with E-state index in [9.17, 15) is 4.79 Å². The van der Waals surface area contributed by atoms with E-state index in [2.05, 4.69) is 14.8 Å². The van der Waals surface area contributed by atoms with Crippen LogP contribution in [0.4, 0.5) is 0 Å². The summed E-state index contributed by atoms with van der Waals surface area (Å²) in [6, 6.07) is 7.57. The Morgan fingerprint density at radius 3 is 2.90 bits per heavy atom. The second-order valence-electron chi connectivity index (χ2n) is 5.13. The summed E-state index contributed by atoms with van der Waals surface area (Å²) in [6.45, 7) is 4.28. The Hall–Kier alpha value is -2.21. The SMILES string of the molecule is COCc1ccccc1C(=O)N1CCn2c(C)nnc2C1. The first-order valence-corrected chi connectivity index (χ1v) is 6.95. The zero-order valence-electron chi connectivity index (χ0n) is 12.2. The van der Waals surface area contributed by atoms with Gasteiger partial charge in [0, 0.05) is 25.8 Å². The average Bonchev–Trinajstić information content (AvgIpc) is 2.88. The van der Waals surface area contributed by atoms with Crippen molar-refractivity contribution in [2.45, 2.75) is 26.6 Å². The maximum Gasteiger partial charge on any atom is 0.254 e. The Labute approximate surface area is 123 Å². The highest BCUT2D eigenvalue weighted by molar-refractivity contribution is 5.95. The molecule has 1 aromatic heterocycles. The normalized spacial score (nSPS) is 14.1. The van der Waals surface area contributed by atoms with Gasteiger partial charge in [-0.2, -0.15) is 0 Å². The molecule has 0 aliphatic carbocycles. The summed E-state index contributed by atoms with van der Waals surface area (Å²) in [4.78, 5) is 14.5. The summed E-state index contributed by atoms with van der Waals surface area (Å²) in [7, 11) is 1.63. The molecule has 0 bridgehead atoms. The minimum atomic E-state index is 0.0227. The molecule has 0 radical (unpaired) electrons. The summed E-state index contributed by atoms with van der Waals surface area (Å²) in [5.41, 5.74) is 1.61. The molecular weight excluding hydrogens is 268 g/mol.